The zero-order chi connectivity index (χ0) is 17.8. The Hall–Kier alpha value is -3.15. The van der Waals surface area contributed by atoms with Crippen molar-refractivity contribution in [3.05, 3.63) is 70.9 Å². The van der Waals surface area contributed by atoms with Gasteiger partial charge in [0.25, 0.3) is 0 Å². The van der Waals surface area contributed by atoms with Crippen LogP contribution in [0.3, 0.4) is 0 Å². The highest BCUT2D eigenvalue weighted by Crippen LogP contribution is 2.25. The molecule has 0 saturated heterocycles. The average molecular weight is 336 g/mol. The van der Waals surface area contributed by atoms with Gasteiger partial charge in [-0.3, -0.25) is 14.5 Å². The van der Waals surface area contributed by atoms with Crippen molar-refractivity contribution < 1.29 is 4.74 Å². The van der Waals surface area contributed by atoms with Crippen molar-refractivity contribution in [3.63, 3.8) is 0 Å². The molecule has 3 aromatic rings. The lowest BCUT2D eigenvalue weighted by Gasteiger charge is -2.14. The van der Waals surface area contributed by atoms with Gasteiger partial charge in [0, 0.05) is 41.8 Å². The molecule has 0 unspecified atom stereocenters. The molecule has 3 heterocycles. The SMILES string of the molecule is C=Cc1cc(=O)[nH]cc1OCc1cccnc1-c1ccnn1C(C)C. The van der Waals surface area contributed by atoms with Crippen LogP contribution in [0.4, 0.5) is 0 Å². The van der Waals surface area contributed by atoms with Gasteiger partial charge in [-0.1, -0.05) is 18.7 Å². The Morgan fingerprint density at radius 2 is 2.20 bits per heavy atom. The number of aromatic amines is 1. The number of rotatable bonds is 6. The zero-order valence-corrected chi connectivity index (χ0v) is 14.3. The fraction of sp³-hybridized carbons (Fsp3) is 0.211. The van der Waals surface area contributed by atoms with Crippen LogP contribution in [0.1, 0.15) is 31.0 Å². The van der Waals surface area contributed by atoms with E-state index in [-0.39, 0.29) is 11.6 Å². The minimum absolute atomic E-state index is 0.190. The molecule has 0 aromatic carbocycles. The quantitative estimate of drug-likeness (QED) is 0.748. The zero-order valence-electron chi connectivity index (χ0n) is 14.3. The van der Waals surface area contributed by atoms with E-state index in [0.29, 0.717) is 17.9 Å². The van der Waals surface area contributed by atoms with Crippen molar-refractivity contribution >= 4 is 6.08 Å². The van der Waals surface area contributed by atoms with Crippen molar-refractivity contribution in [1.29, 1.82) is 0 Å². The summed E-state index contributed by atoms with van der Waals surface area (Å²) in [5.74, 6) is 0.571. The topological polar surface area (TPSA) is 72.8 Å². The summed E-state index contributed by atoms with van der Waals surface area (Å²) < 4.78 is 7.83. The highest BCUT2D eigenvalue weighted by atomic mass is 16.5. The Balaban J connectivity index is 1.91. The summed E-state index contributed by atoms with van der Waals surface area (Å²) in [7, 11) is 0. The second-order valence-electron chi connectivity index (χ2n) is 5.88. The standard InChI is InChI=1S/C19H20N4O2/c1-4-14-10-18(24)21-11-17(14)25-12-15-6-5-8-20-19(15)16-7-9-22-23(16)13(2)3/h4-11,13H,1,12H2,2-3H3,(H,21,24). The van der Waals surface area contributed by atoms with E-state index in [4.69, 9.17) is 4.74 Å². The number of hydrogen-bond donors (Lipinski definition) is 1. The number of nitrogens with zero attached hydrogens (tertiary/aromatic N) is 3. The highest BCUT2D eigenvalue weighted by molar-refractivity contribution is 5.59. The second kappa shape index (κ2) is 7.17. The maximum atomic E-state index is 11.4. The van der Waals surface area contributed by atoms with Gasteiger partial charge in [0.1, 0.15) is 12.4 Å². The highest BCUT2D eigenvalue weighted by Gasteiger charge is 2.14. The first-order chi connectivity index (χ1) is 12.1. The molecule has 0 radical (unpaired) electrons. The largest absolute Gasteiger partial charge is 0.487 e. The maximum absolute atomic E-state index is 11.4. The van der Waals surface area contributed by atoms with Gasteiger partial charge in [0.2, 0.25) is 5.56 Å². The minimum atomic E-state index is -0.190. The van der Waals surface area contributed by atoms with E-state index in [1.165, 1.54) is 6.07 Å². The van der Waals surface area contributed by atoms with E-state index in [2.05, 4.69) is 35.5 Å². The van der Waals surface area contributed by atoms with Crippen molar-refractivity contribution in [2.75, 3.05) is 0 Å². The van der Waals surface area contributed by atoms with Gasteiger partial charge in [-0.25, -0.2) is 0 Å². The number of pyridine rings is 2. The predicted octanol–water partition coefficient (Wildman–Crippen LogP) is 3.44. The van der Waals surface area contributed by atoms with Crippen LogP contribution in [-0.2, 0) is 6.61 Å². The van der Waals surface area contributed by atoms with Gasteiger partial charge in [0.05, 0.1) is 11.4 Å². The van der Waals surface area contributed by atoms with Crippen molar-refractivity contribution in [3.8, 4) is 17.1 Å². The number of nitrogens with one attached hydrogen (secondary N) is 1. The molecule has 0 fully saturated rings. The molecule has 25 heavy (non-hydrogen) atoms. The molecule has 0 aliphatic carbocycles. The Morgan fingerprint density at radius 1 is 1.36 bits per heavy atom. The van der Waals surface area contributed by atoms with Crippen LogP contribution in [-0.4, -0.2) is 19.7 Å². The summed E-state index contributed by atoms with van der Waals surface area (Å²) in [6.07, 6.45) is 6.67. The van der Waals surface area contributed by atoms with E-state index in [9.17, 15) is 4.79 Å². The fourth-order valence-corrected chi connectivity index (χ4v) is 2.61. The van der Waals surface area contributed by atoms with E-state index in [1.807, 2.05) is 22.9 Å². The van der Waals surface area contributed by atoms with Crippen LogP contribution in [0.25, 0.3) is 17.5 Å². The number of ether oxygens (including phenoxy) is 1. The van der Waals surface area contributed by atoms with Crippen LogP contribution in [0.2, 0.25) is 0 Å². The molecule has 0 amide bonds. The van der Waals surface area contributed by atoms with Gasteiger partial charge >= 0.3 is 0 Å². The van der Waals surface area contributed by atoms with Crippen LogP contribution in [0.5, 0.6) is 5.75 Å². The first-order valence-corrected chi connectivity index (χ1v) is 8.06. The first kappa shape index (κ1) is 16.7. The summed E-state index contributed by atoms with van der Waals surface area (Å²) in [4.78, 5) is 18.5. The van der Waals surface area contributed by atoms with Crippen LogP contribution in [0, 0.1) is 0 Å². The van der Waals surface area contributed by atoms with Gasteiger partial charge in [-0.2, -0.15) is 5.10 Å². The minimum Gasteiger partial charge on any atom is -0.487 e. The molecular formula is C19H20N4O2. The van der Waals surface area contributed by atoms with Crippen LogP contribution < -0.4 is 10.3 Å². The molecule has 0 spiro atoms. The second-order valence-corrected chi connectivity index (χ2v) is 5.88. The van der Waals surface area contributed by atoms with Crippen molar-refractivity contribution in [2.45, 2.75) is 26.5 Å². The Kier molecular flexibility index (Phi) is 4.79. The molecule has 1 N–H and O–H groups in total. The summed E-state index contributed by atoms with van der Waals surface area (Å²) in [6.45, 7) is 8.19. The number of aromatic nitrogens is 4. The predicted molar refractivity (Wildman–Crippen MR) is 97.3 cm³/mol. The van der Waals surface area contributed by atoms with Crippen LogP contribution >= 0.6 is 0 Å². The summed E-state index contributed by atoms with van der Waals surface area (Å²) in [5.41, 5.74) is 3.18. The third-order valence-electron chi connectivity index (χ3n) is 3.81. The Bertz CT molecular complexity index is 940. The molecule has 0 aliphatic rings. The molecule has 3 aromatic heterocycles. The lowest BCUT2D eigenvalue weighted by Crippen LogP contribution is -2.09. The van der Waals surface area contributed by atoms with Gasteiger partial charge < -0.3 is 9.72 Å². The summed E-state index contributed by atoms with van der Waals surface area (Å²) >= 11 is 0. The van der Waals surface area contributed by atoms with E-state index >= 15 is 0 Å². The van der Waals surface area contributed by atoms with E-state index < -0.39 is 0 Å². The molecule has 3 rings (SSSR count). The molecular weight excluding hydrogens is 316 g/mol. The smallest absolute Gasteiger partial charge is 0.248 e. The average Bonchev–Trinajstić information content (AvgIpc) is 3.10. The first-order valence-electron chi connectivity index (χ1n) is 8.06. The molecule has 0 aliphatic heterocycles. The van der Waals surface area contributed by atoms with E-state index in [0.717, 1.165) is 17.0 Å². The molecule has 0 bridgehead atoms. The van der Waals surface area contributed by atoms with E-state index in [1.54, 1.807) is 24.7 Å². The number of hydrogen-bond acceptors (Lipinski definition) is 4. The lowest BCUT2D eigenvalue weighted by atomic mass is 10.1. The summed E-state index contributed by atoms with van der Waals surface area (Å²) in [6, 6.07) is 7.48. The summed E-state index contributed by atoms with van der Waals surface area (Å²) in [5, 5.41) is 4.37. The third-order valence-corrected chi connectivity index (χ3v) is 3.81. The Labute approximate surface area is 145 Å². The normalized spacial score (nSPS) is 10.8. The van der Waals surface area contributed by atoms with Crippen LogP contribution in [0.15, 0.2) is 54.2 Å². The van der Waals surface area contributed by atoms with Crippen molar-refractivity contribution in [1.82, 2.24) is 19.7 Å². The third kappa shape index (κ3) is 3.52. The van der Waals surface area contributed by atoms with Crippen molar-refractivity contribution in [2.24, 2.45) is 0 Å². The molecule has 0 saturated carbocycles. The maximum Gasteiger partial charge on any atom is 0.248 e. The fourth-order valence-electron chi connectivity index (χ4n) is 2.61. The van der Waals surface area contributed by atoms with Gasteiger partial charge in [0.15, 0.2) is 0 Å². The molecule has 6 heteroatoms. The monoisotopic (exact) mass is 336 g/mol. The molecule has 128 valence electrons. The molecule has 0 atom stereocenters. The van der Waals surface area contributed by atoms with Gasteiger partial charge in [-0.15, -0.1) is 0 Å². The number of H-pyrrole nitrogens is 1. The lowest BCUT2D eigenvalue weighted by molar-refractivity contribution is 0.304. The molecule has 6 nitrogen and oxygen atoms in total. The van der Waals surface area contributed by atoms with Gasteiger partial charge in [-0.05, 0) is 26.0 Å². The Morgan fingerprint density at radius 3 is 2.96 bits per heavy atom.